The average Bonchev–Trinajstić information content (AvgIpc) is 2.64. The Bertz CT molecular complexity index is 345. The van der Waals surface area contributed by atoms with Crippen LogP contribution in [0.1, 0.15) is 0 Å². The molecule has 0 aromatic carbocycles. The van der Waals surface area contributed by atoms with E-state index in [0.717, 1.165) is 5.75 Å². The second-order valence-electron chi connectivity index (χ2n) is 3.02. The summed E-state index contributed by atoms with van der Waals surface area (Å²) in [5.74, 6) is 1.75. The van der Waals surface area contributed by atoms with Gasteiger partial charge in [0.05, 0.1) is 0 Å². The van der Waals surface area contributed by atoms with Crippen molar-refractivity contribution >= 4 is 23.5 Å². The van der Waals surface area contributed by atoms with E-state index in [0.29, 0.717) is 5.92 Å². The van der Waals surface area contributed by atoms with E-state index in [1.165, 1.54) is 15.4 Å². The highest BCUT2D eigenvalue weighted by molar-refractivity contribution is 8.06. The van der Waals surface area contributed by atoms with Crippen LogP contribution in [0.2, 0.25) is 0 Å². The third kappa shape index (κ3) is 0.947. The van der Waals surface area contributed by atoms with Gasteiger partial charge < -0.3 is 0 Å². The van der Waals surface area contributed by atoms with Crippen molar-refractivity contribution in [1.82, 2.24) is 0 Å². The summed E-state index contributed by atoms with van der Waals surface area (Å²) in [6.45, 7) is 0. The summed E-state index contributed by atoms with van der Waals surface area (Å²) in [5.41, 5.74) is 1.45. The minimum Gasteiger partial charge on any atom is -0.122 e. The smallest absolute Gasteiger partial charge is 0.0284 e. The number of hydrogen-bond acceptors (Lipinski definition) is 2. The maximum absolute atomic E-state index is 2.38. The van der Waals surface area contributed by atoms with Gasteiger partial charge in [-0.1, -0.05) is 18.2 Å². The Hall–Kier alpha value is -0.340. The van der Waals surface area contributed by atoms with Crippen molar-refractivity contribution in [2.24, 2.45) is 5.92 Å². The highest BCUT2D eigenvalue weighted by atomic mass is 32.2. The van der Waals surface area contributed by atoms with E-state index in [4.69, 9.17) is 0 Å². The SMILES string of the molecule is C1=CC2C=C3SCC=C3C=C2S1. The van der Waals surface area contributed by atoms with Crippen LogP contribution in [0.5, 0.6) is 0 Å². The highest BCUT2D eigenvalue weighted by Gasteiger charge is 2.23. The average molecular weight is 192 g/mol. The van der Waals surface area contributed by atoms with Crippen molar-refractivity contribution in [2.45, 2.75) is 0 Å². The normalized spacial score (nSPS) is 30.7. The molecule has 2 aliphatic heterocycles. The first kappa shape index (κ1) is 7.10. The van der Waals surface area contributed by atoms with Gasteiger partial charge in [0.25, 0.3) is 0 Å². The lowest BCUT2D eigenvalue weighted by Crippen LogP contribution is -1.97. The van der Waals surface area contributed by atoms with Gasteiger partial charge >= 0.3 is 0 Å². The molecular weight excluding hydrogens is 184 g/mol. The number of fused-ring (bicyclic) bond motifs is 2. The molecule has 3 rings (SSSR count). The van der Waals surface area contributed by atoms with Crippen LogP contribution in [0.4, 0.5) is 0 Å². The number of rotatable bonds is 0. The molecule has 0 aromatic rings. The van der Waals surface area contributed by atoms with E-state index in [2.05, 4.69) is 29.7 Å². The molecule has 1 aliphatic carbocycles. The van der Waals surface area contributed by atoms with Gasteiger partial charge in [0.15, 0.2) is 0 Å². The van der Waals surface area contributed by atoms with Crippen molar-refractivity contribution in [1.29, 1.82) is 0 Å². The van der Waals surface area contributed by atoms with Gasteiger partial charge in [0.1, 0.15) is 0 Å². The van der Waals surface area contributed by atoms with Crippen LogP contribution in [0.25, 0.3) is 0 Å². The summed E-state index contributed by atoms with van der Waals surface area (Å²) in [7, 11) is 0. The molecule has 1 atom stereocenters. The number of thioether (sulfide) groups is 2. The molecule has 3 aliphatic rings. The van der Waals surface area contributed by atoms with E-state index in [1.807, 2.05) is 23.5 Å². The highest BCUT2D eigenvalue weighted by Crippen LogP contribution is 2.45. The predicted molar refractivity (Wildman–Crippen MR) is 56.9 cm³/mol. The predicted octanol–water partition coefficient (Wildman–Crippen LogP) is 3.32. The lowest BCUT2D eigenvalue weighted by molar-refractivity contribution is 1.04. The van der Waals surface area contributed by atoms with Crippen molar-refractivity contribution in [3.8, 4) is 0 Å². The summed E-state index contributed by atoms with van der Waals surface area (Å²) in [4.78, 5) is 2.98. The van der Waals surface area contributed by atoms with Crippen molar-refractivity contribution < 1.29 is 0 Å². The quantitative estimate of drug-likeness (QED) is 0.577. The van der Waals surface area contributed by atoms with Crippen LogP contribution in [0, 0.1) is 5.92 Å². The lowest BCUT2D eigenvalue weighted by Gasteiger charge is -2.13. The van der Waals surface area contributed by atoms with Crippen LogP contribution in [-0.4, -0.2) is 5.75 Å². The molecule has 60 valence electrons. The summed E-state index contributed by atoms with van der Waals surface area (Å²) < 4.78 is 0. The van der Waals surface area contributed by atoms with Crippen LogP contribution in [0.3, 0.4) is 0 Å². The van der Waals surface area contributed by atoms with E-state index in [1.54, 1.807) is 0 Å². The first-order valence-electron chi connectivity index (χ1n) is 4.03. The van der Waals surface area contributed by atoms with Crippen LogP contribution < -0.4 is 0 Å². The maximum Gasteiger partial charge on any atom is 0.0284 e. The molecule has 2 heteroatoms. The first-order chi connectivity index (χ1) is 5.93. The minimum atomic E-state index is 0.591. The second-order valence-corrected chi connectivity index (χ2v) is 5.06. The molecule has 0 saturated heterocycles. The fourth-order valence-corrected chi connectivity index (χ4v) is 3.54. The van der Waals surface area contributed by atoms with Gasteiger partial charge in [0, 0.05) is 21.5 Å². The molecule has 0 N–H and O–H groups in total. The molecule has 12 heavy (non-hydrogen) atoms. The largest absolute Gasteiger partial charge is 0.122 e. The Kier molecular flexibility index (Phi) is 1.52. The van der Waals surface area contributed by atoms with E-state index in [9.17, 15) is 0 Å². The van der Waals surface area contributed by atoms with E-state index < -0.39 is 0 Å². The monoisotopic (exact) mass is 192 g/mol. The summed E-state index contributed by atoms with van der Waals surface area (Å²) >= 11 is 3.82. The van der Waals surface area contributed by atoms with Crippen molar-refractivity contribution in [2.75, 3.05) is 5.75 Å². The minimum absolute atomic E-state index is 0.591. The number of hydrogen-bond donors (Lipinski definition) is 0. The molecule has 0 bridgehead atoms. The molecule has 0 aromatic heterocycles. The van der Waals surface area contributed by atoms with Crippen molar-refractivity contribution in [3.05, 3.63) is 45.1 Å². The zero-order valence-electron chi connectivity index (χ0n) is 6.49. The standard InChI is InChI=1S/C10H8S2/c1-3-11-9-6-8-2-4-12-10(8)5-7(1)9/h1-3,5-7H,4H2. The molecule has 0 fully saturated rings. The summed E-state index contributed by atoms with van der Waals surface area (Å²) in [6, 6.07) is 0. The molecule has 0 spiro atoms. The molecule has 0 radical (unpaired) electrons. The summed E-state index contributed by atoms with van der Waals surface area (Å²) in [6.07, 6.45) is 9.32. The Morgan fingerprint density at radius 3 is 3.42 bits per heavy atom. The molecule has 0 saturated carbocycles. The first-order valence-corrected chi connectivity index (χ1v) is 5.90. The van der Waals surface area contributed by atoms with Gasteiger partial charge in [-0.25, -0.2) is 0 Å². The molecule has 0 amide bonds. The third-order valence-corrected chi connectivity index (χ3v) is 4.25. The Balaban J connectivity index is 2.08. The van der Waals surface area contributed by atoms with E-state index in [-0.39, 0.29) is 0 Å². The Morgan fingerprint density at radius 1 is 1.42 bits per heavy atom. The second kappa shape index (κ2) is 2.57. The van der Waals surface area contributed by atoms with Crippen LogP contribution >= 0.6 is 23.5 Å². The van der Waals surface area contributed by atoms with Crippen LogP contribution in [-0.2, 0) is 0 Å². The number of allylic oxidation sites excluding steroid dienone is 5. The van der Waals surface area contributed by atoms with Gasteiger partial charge in [0.2, 0.25) is 0 Å². The Labute approximate surface area is 80.5 Å². The molecule has 1 unspecified atom stereocenters. The summed E-state index contributed by atoms with van der Waals surface area (Å²) in [5, 5.41) is 2.19. The van der Waals surface area contributed by atoms with Crippen molar-refractivity contribution in [3.63, 3.8) is 0 Å². The van der Waals surface area contributed by atoms with Crippen LogP contribution in [0.15, 0.2) is 45.1 Å². The van der Waals surface area contributed by atoms with E-state index >= 15 is 0 Å². The van der Waals surface area contributed by atoms with Gasteiger partial charge in [-0.2, -0.15) is 0 Å². The lowest BCUT2D eigenvalue weighted by atomic mass is 10.00. The topological polar surface area (TPSA) is 0 Å². The fourth-order valence-electron chi connectivity index (χ4n) is 1.64. The van der Waals surface area contributed by atoms with Gasteiger partial charge in [-0.05, 0) is 17.1 Å². The van der Waals surface area contributed by atoms with Gasteiger partial charge in [-0.15, -0.1) is 23.5 Å². The fraction of sp³-hybridized carbons (Fsp3) is 0.200. The molecular formula is C10H8S2. The zero-order valence-corrected chi connectivity index (χ0v) is 8.12. The zero-order chi connectivity index (χ0) is 7.97. The maximum atomic E-state index is 2.38. The third-order valence-electron chi connectivity index (χ3n) is 2.27. The Morgan fingerprint density at radius 2 is 2.42 bits per heavy atom. The molecule has 0 nitrogen and oxygen atoms in total. The van der Waals surface area contributed by atoms with Gasteiger partial charge in [-0.3, -0.25) is 0 Å². The molecule has 2 heterocycles.